The van der Waals surface area contributed by atoms with Gasteiger partial charge in [0.05, 0.1) is 26.4 Å². The highest BCUT2D eigenvalue weighted by Crippen LogP contribution is 2.53. The van der Waals surface area contributed by atoms with Crippen molar-refractivity contribution in [1.82, 2.24) is 19.6 Å². The van der Waals surface area contributed by atoms with E-state index in [2.05, 4.69) is 62.3 Å². The lowest BCUT2D eigenvalue weighted by Gasteiger charge is -2.47. The molecule has 2 saturated heterocycles. The minimum absolute atomic E-state index is 0.0731. The van der Waals surface area contributed by atoms with Gasteiger partial charge in [-0.05, 0) is 37.0 Å². The molecule has 246 valence electrons. The van der Waals surface area contributed by atoms with Crippen molar-refractivity contribution in [3.05, 3.63) is 0 Å². The Morgan fingerprint density at radius 1 is 0.548 bits per heavy atom. The summed E-state index contributed by atoms with van der Waals surface area (Å²) in [7, 11) is 0. The Morgan fingerprint density at radius 2 is 0.833 bits per heavy atom. The molecule has 10 nitrogen and oxygen atoms in total. The third kappa shape index (κ3) is 7.71. The second-order valence-corrected chi connectivity index (χ2v) is 12.9. The summed E-state index contributed by atoms with van der Waals surface area (Å²) in [5.41, 5.74) is -2.10. The Bertz CT molecular complexity index is 773. The molecular formula is C32H62N4O6. The van der Waals surface area contributed by atoms with Gasteiger partial charge < -0.3 is 18.9 Å². The molecule has 0 saturated carbocycles. The molecule has 0 aromatic heterocycles. The van der Waals surface area contributed by atoms with E-state index in [1.54, 1.807) is 19.6 Å². The number of rotatable bonds is 22. The van der Waals surface area contributed by atoms with Crippen molar-refractivity contribution in [2.24, 2.45) is 23.7 Å². The first kappa shape index (κ1) is 36.6. The Morgan fingerprint density at radius 3 is 1.10 bits per heavy atom. The lowest BCUT2D eigenvalue weighted by molar-refractivity contribution is -0.141. The molecule has 42 heavy (non-hydrogen) atoms. The average Bonchev–Trinajstić information content (AvgIpc) is 3.26. The van der Waals surface area contributed by atoms with Crippen LogP contribution < -0.4 is 0 Å². The van der Waals surface area contributed by atoms with E-state index in [9.17, 15) is 9.59 Å². The average molecular weight is 599 g/mol. The molecule has 2 heterocycles. The Hall–Kier alpha value is -1.62. The zero-order valence-corrected chi connectivity index (χ0v) is 28.4. The summed E-state index contributed by atoms with van der Waals surface area (Å²) in [5.74, 6) is 1.43. The minimum atomic E-state index is -1.07. The fourth-order valence-electron chi connectivity index (χ4n) is 5.61. The van der Waals surface area contributed by atoms with Crippen LogP contribution in [0.3, 0.4) is 0 Å². The maximum atomic E-state index is 14.4. The lowest BCUT2D eigenvalue weighted by atomic mass is 9.89. The predicted octanol–water partition coefficient (Wildman–Crippen LogP) is 6.76. The highest BCUT2D eigenvalue weighted by molar-refractivity contribution is 5.88. The van der Waals surface area contributed by atoms with Crippen LogP contribution >= 0.6 is 0 Å². The van der Waals surface area contributed by atoms with Gasteiger partial charge in [0.15, 0.2) is 11.3 Å². The number of carbonyl (C=O) groups excluding carboxylic acids is 2. The molecule has 0 aromatic rings. The highest BCUT2D eigenvalue weighted by Gasteiger charge is 2.76. The normalized spacial score (nSPS) is 25.4. The quantitative estimate of drug-likeness (QED) is 0.137. The molecule has 0 bridgehead atoms. The number of amides is 4. The number of hydrogen-bond donors (Lipinski definition) is 0. The maximum Gasteiger partial charge on any atom is 0.327 e. The summed E-state index contributed by atoms with van der Waals surface area (Å²) in [4.78, 5) is 35.7. The van der Waals surface area contributed by atoms with E-state index >= 15 is 0 Å². The van der Waals surface area contributed by atoms with E-state index in [-0.39, 0.29) is 39.0 Å². The van der Waals surface area contributed by atoms with Crippen LogP contribution in [0, 0.1) is 23.7 Å². The molecular weight excluding hydrogens is 536 g/mol. The molecule has 4 unspecified atom stereocenters. The van der Waals surface area contributed by atoms with Gasteiger partial charge in [0, 0.05) is 0 Å². The van der Waals surface area contributed by atoms with Crippen molar-refractivity contribution in [2.75, 3.05) is 53.4 Å². The van der Waals surface area contributed by atoms with Gasteiger partial charge in [0.25, 0.3) is 0 Å². The van der Waals surface area contributed by atoms with Crippen LogP contribution in [0.25, 0.3) is 0 Å². The van der Waals surface area contributed by atoms with E-state index in [4.69, 9.17) is 18.9 Å². The van der Waals surface area contributed by atoms with Gasteiger partial charge in [-0.3, -0.25) is 19.6 Å². The summed E-state index contributed by atoms with van der Waals surface area (Å²) in [6.45, 7) is 23.6. The van der Waals surface area contributed by atoms with E-state index in [1.807, 2.05) is 6.92 Å². The first-order valence-electron chi connectivity index (χ1n) is 16.5. The van der Waals surface area contributed by atoms with Gasteiger partial charge >= 0.3 is 12.1 Å². The van der Waals surface area contributed by atoms with Gasteiger partial charge in [-0.15, -0.1) is 0 Å². The summed E-state index contributed by atoms with van der Waals surface area (Å²) < 4.78 is 24.7. The van der Waals surface area contributed by atoms with Gasteiger partial charge in [-0.2, -0.15) is 0 Å². The molecule has 4 atom stereocenters. The fourth-order valence-corrected chi connectivity index (χ4v) is 5.61. The van der Waals surface area contributed by atoms with Crippen LogP contribution in [0.4, 0.5) is 9.59 Å². The molecule has 0 aliphatic carbocycles. The molecule has 0 aromatic carbocycles. The molecule has 2 aliphatic rings. The van der Waals surface area contributed by atoms with Crippen LogP contribution in [-0.4, -0.2) is 96.3 Å². The van der Waals surface area contributed by atoms with Crippen LogP contribution in [0.5, 0.6) is 0 Å². The maximum absolute atomic E-state index is 14.4. The number of ether oxygens (including phenoxy) is 4. The molecule has 10 heteroatoms. The predicted molar refractivity (Wildman–Crippen MR) is 165 cm³/mol. The van der Waals surface area contributed by atoms with Crippen molar-refractivity contribution in [2.45, 2.75) is 119 Å². The summed E-state index contributed by atoms with van der Waals surface area (Å²) in [5, 5.41) is 0. The summed E-state index contributed by atoms with van der Waals surface area (Å²) in [6.07, 6.45) is 5.24. The van der Waals surface area contributed by atoms with Crippen LogP contribution in [0.2, 0.25) is 0 Å². The second kappa shape index (κ2) is 17.0. The Kier molecular flexibility index (Phi) is 14.8. The summed E-state index contributed by atoms with van der Waals surface area (Å²) >= 11 is 0. The van der Waals surface area contributed by atoms with Crippen LogP contribution in [0.1, 0.15) is 108 Å². The standard InChI is InChI=1S/C32H62N4O6/c1-11-16-32-31(10,33(21-39-17-25(6)12-2)29(37)35(32)23-41-19-27(8)14-4)34(22-40-18-26(7)13-3)30(38)36(32)24-42-20-28(9)15-5/h25-28H,11-24H2,1-10H3. The topological polar surface area (TPSA) is 84.0 Å². The van der Waals surface area contributed by atoms with E-state index in [0.29, 0.717) is 56.5 Å². The molecule has 0 N–H and O–H groups in total. The first-order chi connectivity index (χ1) is 20.0. The Labute approximate surface area is 256 Å². The van der Waals surface area contributed by atoms with E-state index in [1.165, 1.54) is 0 Å². The van der Waals surface area contributed by atoms with Gasteiger partial charge in [0.2, 0.25) is 0 Å². The van der Waals surface area contributed by atoms with Gasteiger partial charge in [-0.25, -0.2) is 9.59 Å². The molecule has 0 spiro atoms. The highest BCUT2D eigenvalue weighted by atomic mass is 16.5. The monoisotopic (exact) mass is 598 g/mol. The molecule has 0 radical (unpaired) electrons. The van der Waals surface area contributed by atoms with Crippen molar-refractivity contribution in [3.63, 3.8) is 0 Å². The van der Waals surface area contributed by atoms with E-state index < -0.39 is 11.3 Å². The third-order valence-corrected chi connectivity index (χ3v) is 9.50. The number of fused-ring (bicyclic) bond motifs is 1. The van der Waals surface area contributed by atoms with Crippen LogP contribution in [-0.2, 0) is 18.9 Å². The second-order valence-electron chi connectivity index (χ2n) is 12.9. The third-order valence-electron chi connectivity index (χ3n) is 9.50. The number of urea groups is 2. The van der Waals surface area contributed by atoms with E-state index in [0.717, 1.165) is 32.1 Å². The molecule has 2 aliphatic heterocycles. The van der Waals surface area contributed by atoms with Gasteiger partial charge in [-0.1, -0.05) is 94.4 Å². The van der Waals surface area contributed by atoms with Crippen molar-refractivity contribution in [3.8, 4) is 0 Å². The minimum Gasteiger partial charge on any atom is -0.361 e. The van der Waals surface area contributed by atoms with Crippen LogP contribution in [0.15, 0.2) is 0 Å². The zero-order valence-electron chi connectivity index (χ0n) is 28.4. The number of carbonyl (C=O) groups is 2. The molecule has 2 fully saturated rings. The zero-order chi connectivity index (χ0) is 31.5. The largest absolute Gasteiger partial charge is 0.361 e. The fraction of sp³-hybridized carbons (Fsp3) is 0.938. The van der Waals surface area contributed by atoms with Gasteiger partial charge in [0.1, 0.15) is 26.9 Å². The van der Waals surface area contributed by atoms with Crippen molar-refractivity contribution < 1.29 is 28.5 Å². The first-order valence-corrected chi connectivity index (χ1v) is 16.5. The summed E-state index contributed by atoms with van der Waals surface area (Å²) in [6, 6.07) is -0.406. The molecule has 4 amide bonds. The smallest absolute Gasteiger partial charge is 0.327 e. The van der Waals surface area contributed by atoms with Crippen molar-refractivity contribution >= 4 is 12.1 Å². The number of hydrogen-bond acceptors (Lipinski definition) is 6. The number of nitrogens with zero attached hydrogens (tertiary/aromatic N) is 4. The molecule has 2 rings (SSSR count). The van der Waals surface area contributed by atoms with Crippen molar-refractivity contribution in [1.29, 1.82) is 0 Å². The SMILES string of the molecule is CCCC12N(COCC(C)CC)C(=O)N(COCC(C)CC)C1(C)N(COCC(C)CC)C(=O)N2COCC(C)CC. The Balaban J connectivity index is 2.58. The lowest BCUT2D eigenvalue weighted by Crippen LogP contribution is -2.67.